The van der Waals surface area contributed by atoms with E-state index in [0.717, 1.165) is 54.2 Å². The van der Waals surface area contributed by atoms with Gasteiger partial charge in [0.15, 0.2) is 0 Å². The highest BCUT2D eigenvalue weighted by atomic mass is 32.2. The Kier molecular flexibility index (Phi) is 4.70. The zero-order valence-electron chi connectivity index (χ0n) is 16.5. The minimum absolute atomic E-state index is 0.0302. The van der Waals surface area contributed by atoms with Crippen molar-refractivity contribution >= 4 is 34.6 Å². The van der Waals surface area contributed by atoms with Crippen LogP contribution in [-0.4, -0.2) is 46.0 Å². The molecule has 4 heterocycles. The third-order valence-electron chi connectivity index (χ3n) is 6.22. The van der Waals surface area contributed by atoms with Crippen LogP contribution >= 0.6 is 11.8 Å². The number of hydrogen-bond donors (Lipinski definition) is 0. The van der Waals surface area contributed by atoms with Crippen LogP contribution < -0.4 is 4.90 Å². The Bertz CT molecular complexity index is 1040. The van der Waals surface area contributed by atoms with Crippen LogP contribution in [0.2, 0.25) is 0 Å². The molecular weight excluding hydrogens is 384 g/mol. The normalized spacial score (nSPS) is 21.1. The van der Waals surface area contributed by atoms with Crippen LogP contribution in [0.15, 0.2) is 53.8 Å². The van der Waals surface area contributed by atoms with Gasteiger partial charge in [-0.2, -0.15) is 0 Å². The van der Waals surface area contributed by atoms with Gasteiger partial charge < -0.3 is 14.2 Å². The highest BCUT2D eigenvalue weighted by Gasteiger charge is 2.50. The van der Waals surface area contributed by atoms with Gasteiger partial charge in [-0.25, -0.2) is 9.97 Å². The van der Waals surface area contributed by atoms with Crippen molar-refractivity contribution in [2.45, 2.75) is 36.9 Å². The predicted molar refractivity (Wildman–Crippen MR) is 114 cm³/mol. The molecule has 1 unspecified atom stereocenters. The molecule has 0 saturated carbocycles. The number of anilines is 1. The molecule has 0 N–H and O–H groups in total. The van der Waals surface area contributed by atoms with Gasteiger partial charge in [0, 0.05) is 19.5 Å². The SMILES string of the molecule is CSc1cccc(N2CCC3(CC2)CC(Cn2cnc4ccccc42)OC3=O)n1. The van der Waals surface area contributed by atoms with E-state index >= 15 is 0 Å². The third kappa shape index (κ3) is 3.37. The smallest absolute Gasteiger partial charge is 0.312 e. The molecule has 1 atom stereocenters. The van der Waals surface area contributed by atoms with Crippen molar-refractivity contribution in [2.75, 3.05) is 24.2 Å². The van der Waals surface area contributed by atoms with Crippen LogP contribution in [0.1, 0.15) is 19.3 Å². The van der Waals surface area contributed by atoms with Gasteiger partial charge in [0.05, 0.1) is 34.3 Å². The Labute approximate surface area is 174 Å². The maximum absolute atomic E-state index is 12.8. The predicted octanol–water partition coefficient (Wildman–Crippen LogP) is 3.76. The van der Waals surface area contributed by atoms with Crippen LogP contribution in [0.3, 0.4) is 0 Å². The second kappa shape index (κ2) is 7.37. The minimum atomic E-state index is -0.353. The summed E-state index contributed by atoms with van der Waals surface area (Å²) in [6.07, 6.45) is 6.21. The van der Waals surface area contributed by atoms with Crippen molar-refractivity contribution in [3.8, 4) is 0 Å². The fourth-order valence-electron chi connectivity index (χ4n) is 4.58. The number of carbonyl (C=O) groups excluding carboxylic acids is 1. The molecule has 7 heteroatoms. The number of hydrogen-bond acceptors (Lipinski definition) is 6. The Balaban J connectivity index is 1.27. The number of para-hydroxylation sites is 2. The second-order valence-corrected chi connectivity index (χ2v) is 8.75. The number of esters is 1. The van der Waals surface area contributed by atoms with Crippen molar-refractivity contribution in [3.05, 3.63) is 48.8 Å². The van der Waals surface area contributed by atoms with Crippen molar-refractivity contribution in [1.82, 2.24) is 14.5 Å². The van der Waals surface area contributed by atoms with Gasteiger partial charge in [0.2, 0.25) is 0 Å². The molecule has 1 spiro atoms. The number of thioether (sulfide) groups is 1. The van der Waals surface area contributed by atoms with E-state index < -0.39 is 0 Å². The highest BCUT2D eigenvalue weighted by molar-refractivity contribution is 7.98. The molecule has 0 aliphatic carbocycles. The number of nitrogens with zero attached hydrogens (tertiary/aromatic N) is 4. The molecule has 3 aromatic rings. The van der Waals surface area contributed by atoms with Crippen LogP contribution in [-0.2, 0) is 16.1 Å². The molecule has 1 aromatic carbocycles. The largest absolute Gasteiger partial charge is 0.460 e. The molecule has 2 aliphatic rings. The molecule has 5 rings (SSSR count). The standard InChI is InChI=1S/C22H24N4O2S/c1-29-20-8-4-7-19(24-20)25-11-9-22(10-12-25)13-16(28-21(22)27)14-26-15-23-17-5-2-3-6-18(17)26/h2-8,15-16H,9-14H2,1H3. The third-order valence-corrected chi connectivity index (χ3v) is 6.86. The summed E-state index contributed by atoms with van der Waals surface area (Å²) in [5, 5.41) is 1.02. The fraction of sp³-hybridized carbons (Fsp3) is 0.409. The Morgan fingerprint density at radius 1 is 1.17 bits per heavy atom. The van der Waals surface area contributed by atoms with Crippen LogP contribution in [0, 0.1) is 5.41 Å². The summed E-state index contributed by atoms with van der Waals surface area (Å²) < 4.78 is 7.93. The maximum Gasteiger partial charge on any atom is 0.312 e. The number of pyridine rings is 1. The van der Waals surface area contributed by atoms with Crippen molar-refractivity contribution in [2.24, 2.45) is 5.41 Å². The number of fused-ring (bicyclic) bond motifs is 1. The van der Waals surface area contributed by atoms with E-state index in [9.17, 15) is 4.79 Å². The molecule has 0 amide bonds. The zero-order valence-corrected chi connectivity index (χ0v) is 17.3. The summed E-state index contributed by atoms with van der Waals surface area (Å²) in [7, 11) is 0. The molecule has 2 aliphatic heterocycles. The number of aromatic nitrogens is 3. The van der Waals surface area contributed by atoms with Gasteiger partial charge in [-0.1, -0.05) is 18.2 Å². The average Bonchev–Trinajstić information content (AvgIpc) is 3.30. The lowest BCUT2D eigenvalue weighted by Gasteiger charge is -2.37. The monoisotopic (exact) mass is 408 g/mol. The number of piperidine rings is 1. The fourth-order valence-corrected chi connectivity index (χ4v) is 4.98. The van der Waals surface area contributed by atoms with Crippen molar-refractivity contribution in [3.63, 3.8) is 0 Å². The van der Waals surface area contributed by atoms with Gasteiger partial charge in [0.25, 0.3) is 0 Å². The first-order chi connectivity index (χ1) is 14.2. The minimum Gasteiger partial charge on any atom is -0.460 e. The van der Waals surface area contributed by atoms with E-state index in [2.05, 4.69) is 26.6 Å². The molecular formula is C22H24N4O2S. The van der Waals surface area contributed by atoms with Crippen LogP contribution in [0.5, 0.6) is 0 Å². The summed E-state index contributed by atoms with van der Waals surface area (Å²) in [4.78, 5) is 24.3. The average molecular weight is 409 g/mol. The van der Waals surface area contributed by atoms with Crippen LogP contribution in [0.25, 0.3) is 11.0 Å². The van der Waals surface area contributed by atoms with Gasteiger partial charge in [-0.15, -0.1) is 11.8 Å². The van der Waals surface area contributed by atoms with E-state index in [1.54, 1.807) is 11.8 Å². The number of rotatable bonds is 4. The summed E-state index contributed by atoms with van der Waals surface area (Å²) in [5.41, 5.74) is 1.70. The Morgan fingerprint density at radius 3 is 2.83 bits per heavy atom. The van der Waals surface area contributed by atoms with E-state index in [0.29, 0.717) is 6.54 Å². The van der Waals surface area contributed by atoms with Crippen molar-refractivity contribution < 1.29 is 9.53 Å². The summed E-state index contributed by atoms with van der Waals surface area (Å²) in [6.45, 7) is 2.33. The van der Waals surface area contributed by atoms with Gasteiger partial charge in [0.1, 0.15) is 11.9 Å². The number of imidazole rings is 1. The Hall–Kier alpha value is -2.54. The number of carbonyl (C=O) groups is 1. The molecule has 2 saturated heterocycles. The molecule has 6 nitrogen and oxygen atoms in total. The maximum atomic E-state index is 12.8. The number of ether oxygens (including phenoxy) is 1. The molecule has 2 fully saturated rings. The number of cyclic esters (lactones) is 1. The highest BCUT2D eigenvalue weighted by Crippen LogP contribution is 2.44. The van der Waals surface area contributed by atoms with Gasteiger partial charge >= 0.3 is 5.97 Å². The molecule has 0 bridgehead atoms. The topological polar surface area (TPSA) is 60.2 Å². The lowest BCUT2D eigenvalue weighted by atomic mass is 9.76. The molecule has 150 valence electrons. The van der Waals surface area contributed by atoms with Crippen LogP contribution in [0.4, 0.5) is 5.82 Å². The van der Waals surface area contributed by atoms with E-state index in [1.807, 2.05) is 42.9 Å². The summed E-state index contributed by atoms with van der Waals surface area (Å²) in [6, 6.07) is 14.2. The zero-order chi connectivity index (χ0) is 19.8. The molecule has 29 heavy (non-hydrogen) atoms. The van der Waals surface area contributed by atoms with E-state index in [4.69, 9.17) is 9.72 Å². The first kappa shape index (κ1) is 18.5. The molecule has 0 radical (unpaired) electrons. The van der Waals surface area contributed by atoms with Gasteiger partial charge in [-0.3, -0.25) is 4.79 Å². The lowest BCUT2D eigenvalue weighted by Crippen LogP contribution is -2.42. The first-order valence-electron chi connectivity index (χ1n) is 10.0. The van der Waals surface area contributed by atoms with E-state index in [-0.39, 0.29) is 17.5 Å². The summed E-state index contributed by atoms with van der Waals surface area (Å²) in [5.74, 6) is 0.969. The van der Waals surface area contributed by atoms with Gasteiger partial charge in [-0.05, 0) is 43.4 Å². The first-order valence-corrected chi connectivity index (χ1v) is 11.3. The van der Waals surface area contributed by atoms with E-state index in [1.165, 1.54) is 0 Å². The Morgan fingerprint density at radius 2 is 2.00 bits per heavy atom. The van der Waals surface area contributed by atoms with Crippen molar-refractivity contribution in [1.29, 1.82) is 0 Å². The summed E-state index contributed by atoms with van der Waals surface area (Å²) >= 11 is 1.65. The second-order valence-electron chi connectivity index (χ2n) is 7.92. The quantitative estimate of drug-likeness (QED) is 0.484. The molecule has 2 aromatic heterocycles. The number of benzene rings is 1. The lowest BCUT2D eigenvalue weighted by molar-refractivity contribution is -0.150.